The fourth-order valence-electron chi connectivity index (χ4n) is 2.30. The van der Waals surface area contributed by atoms with Crippen LogP contribution >= 0.6 is 0 Å². The summed E-state index contributed by atoms with van der Waals surface area (Å²) >= 11 is 0. The van der Waals surface area contributed by atoms with Gasteiger partial charge in [0.2, 0.25) is 0 Å². The van der Waals surface area contributed by atoms with Crippen molar-refractivity contribution in [3.05, 3.63) is 30.1 Å². The molecule has 0 radical (unpaired) electrons. The summed E-state index contributed by atoms with van der Waals surface area (Å²) in [7, 11) is -2.12. The van der Waals surface area contributed by atoms with E-state index >= 15 is 0 Å². The monoisotopic (exact) mass is 270 g/mol. The van der Waals surface area contributed by atoms with Gasteiger partial charge >= 0.3 is 0 Å². The molecule has 0 spiro atoms. The van der Waals surface area contributed by atoms with Gasteiger partial charge in [-0.3, -0.25) is 14.1 Å². The first-order valence-electron chi connectivity index (χ1n) is 5.98. The SMILES string of the molecule is COS(=O)(=O)C[C@@H]1CCN(Cc2cccnc2)C1. The second-order valence-corrected chi connectivity index (χ2v) is 6.42. The summed E-state index contributed by atoms with van der Waals surface area (Å²) in [5.74, 6) is 0.291. The highest BCUT2D eigenvalue weighted by molar-refractivity contribution is 7.86. The maximum atomic E-state index is 11.4. The van der Waals surface area contributed by atoms with E-state index in [1.807, 2.05) is 18.3 Å². The Morgan fingerprint density at radius 3 is 3.06 bits per heavy atom. The molecular formula is C12H18N2O3S. The molecular weight excluding hydrogens is 252 g/mol. The van der Waals surface area contributed by atoms with Crippen LogP contribution in [0.4, 0.5) is 0 Å². The van der Waals surface area contributed by atoms with Crippen LogP contribution in [-0.2, 0) is 20.8 Å². The first kappa shape index (κ1) is 13.5. The van der Waals surface area contributed by atoms with Crippen LogP contribution in [0.25, 0.3) is 0 Å². The number of hydrogen-bond acceptors (Lipinski definition) is 5. The highest BCUT2D eigenvalue weighted by atomic mass is 32.2. The molecule has 1 aliphatic heterocycles. The minimum atomic E-state index is -3.34. The van der Waals surface area contributed by atoms with Crippen molar-refractivity contribution in [3.8, 4) is 0 Å². The van der Waals surface area contributed by atoms with Gasteiger partial charge in [0.25, 0.3) is 10.1 Å². The van der Waals surface area contributed by atoms with Crippen LogP contribution in [0.3, 0.4) is 0 Å². The molecule has 2 heterocycles. The average molecular weight is 270 g/mol. The molecule has 1 aromatic rings. The van der Waals surface area contributed by atoms with Crippen LogP contribution < -0.4 is 0 Å². The van der Waals surface area contributed by atoms with Crippen LogP contribution in [0.2, 0.25) is 0 Å². The smallest absolute Gasteiger partial charge is 0.267 e. The minimum absolute atomic E-state index is 0.118. The molecule has 1 aliphatic rings. The Morgan fingerprint density at radius 1 is 1.56 bits per heavy atom. The molecule has 0 N–H and O–H groups in total. The number of hydrogen-bond donors (Lipinski definition) is 0. The highest BCUT2D eigenvalue weighted by Gasteiger charge is 2.27. The summed E-state index contributed by atoms with van der Waals surface area (Å²) in [6.07, 6.45) is 4.50. The summed E-state index contributed by atoms with van der Waals surface area (Å²) < 4.78 is 27.2. The summed E-state index contributed by atoms with van der Waals surface area (Å²) in [6.45, 7) is 2.56. The van der Waals surface area contributed by atoms with Crippen LogP contribution in [0.1, 0.15) is 12.0 Å². The topological polar surface area (TPSA) is 59.5 Å². The van der Waals surface area contributed by atoms with E-state index < -0.39 is 10.1 Å². The summed E-state index contributed by atoms with van der Waals surface area (Å²) in [5.41, 5.74) is 1.16. The molecule has 0 aliphatic carbocycles. The van der Waals surface area contributed by atoms with Crippen molar-refractivity contribution in [1.82, 2.24) is 9.88 Å². The molecule has 2 rings (SSSR count). The maximum absolute atomic E-state index is 11.4. The Balaban J connectivity index is 1.86. The second kappa shape index (κ2) is 5.77. The lowest BCUT2D eigenvalue weighted by atomic mass is 10.2. The molecule has 1 atom stereocenters. The van der Waals surface area contributed by atoms with Gasteiger partial charge in [-0.15, -0.1) is 0 Å². The van der Waals surface area contributed by atoms with Crippen molar-refractivity contribution in [1.29, 1.82) is 0 Å². The van der Waals surface area contributed by atoms with E-state index in [-0.39, 0.29) is 11.7 Å². The van der Waals surface area contributed by atoms with Gasteiger partial charge in [0.1, 0.15) is 0 Å². The van der Waals surface area contributed by atoms with Crippen molar-refractivity contribution in [3.63, 3.8) is 0 Å². The number of rotatable bonds is 5. The molecule has 0 saturated carbocycles. The van der Waals surface area contributed by atoms with Crippen LogP contribution in [0.5, 0.6) is 0 Å². The van der Waals surface area contributed by atoms with E-state index in [2.05, 4.69) is 14.1 Å². The first-order chi connectivity index (χ1) is 8.59. The molecule has 0 unspecified atom stereocenters. The fraction of sp³-hybridized carbons (Fsp3) is 0.583. The Bertz CT molecular complexity index is 475. The van der Waals surface area contributed by atoms with Gasteiger partial charge in [-0.1, -0.05) is 6.07 Å². The molecule has 0 bridgehead atoms. The van der Waals surface area contributed by atoms with E-state index in [0.717, 1.165) is 31.6 Å². The van der Waals surface area contributed by atoms with E-state index in [1.54, 1.807) is 6.20 Å². The van der Waals surface area contributed by atoms with E-state index in [1.165, 1.54) is 7.11 Å². The average Bonchev–Trinajstić information content (AvgIpc) is 2.77. The maximum Gasteiger partial charge on any atom is 0.267 e. The molecule has 0 aromatic carbocycles. The van der Waals surface area contributed by atoms with Crippen molar-refractivity contribution in [2.45, 2.75) is 13.0 Å². The quantitative estimate of drug-likeness (QED) is 0.743. The molecule has 1 aromatic heterocycles. The Hall–Kier alpha value is -0.980. The fourth-order valence-corrected chi connectivity index (χ4v) is 3.28. The number of likely N-dealkylation sites (tertiary alicyclic amines) is 1. The van der Waals surface area contributed by atoms with Gasteiger partial charge in [-0.2, -0.15) is 8.42 Å². The molecule has 5 nitrogen and oxygen atoms in total. The largest absolute Gasteiger partial charge is 0.299 e. The first-order valence-corrected chi connectivity index (χ1v) is 7.56. The Labute approximate surface area is 108 Å². The number of pyridine rings is 1. The van der Waals surface area contributed by atoms with Gasteiger partial charge in [-0.25, -0.2) is 0 Å². The van der Waals surface area contributed by atoms with Gasteiger partial charge < -0.3 is 0 Å². The van der Waals surface area contributed by atoms with Crippen molar-refractivity contribution in [2.24, 2.45) is 5.92 Å². The Kier molecular flexibility index (Phi) is 4.31. The molecule has 18 heavy (non-hydrogen) atoms. The standard InChI is InChI=1S/C12H18N2O3S/c1-17-18(15,16)10-12-4-6-14(9-12)8-11-3-2-5-13-7-11/h2-3,5,7,12H,4,6,8-10H2,1H3/t12-/m1/s1. The molecule has 0 amide bonds. The van der Waals surface area contributed by atoms with Crippen LogP contribution in [0, 0.1) is 5.92 Å². The zero-order chi connectivity index (χ0) is 13.0. The van der Waals surface area contributed by atoms with E-state index in [0.29, 0.717) is 0 Å². The van der Waals surface area contributed by atoms with Gasteiger partial charge in [-0.05, 0) is 30.5 Å². The zero-order valence-electron chi connectivity index (χ0n) is 10.4. The molecule has 1 saturated heterocycles. The summed E-state index contributed by atoms with van der Waals surface area (Å²) in [6, 6.07) is 3.95. The van der Waals surface area contributed by atoms with Gasteiger partial charge in [0.15, 0.2) is 0 Å². The zero-order valence-corrected chi connectivity index (χ0v) is 11.3. The Morgan fingerprint density at radius 2 is 2.39 bits per heavy atom. The summed E-state index contributed by atoms with van der Waals surface area (Å²) in [4.78, 5) is 6.33. The predicted molar refractivity (Wildman–Crippen MR) is 68.4 cm³/mol. The molecule has 6 heteroatoms. The third kappa shape index (κ3) is 3.76. The van der Waals surface area contributed by atoms with Crippen LogP contribution in [-0.4, -0.2) is 44.3 Å². The predicted octanol–water partition coefficient (Wildman–Crippen LogP) is 0.880. The van der Waals surface area contributed by atoms with Gasteiger partial charge in [0, 0.05) is 25.5 Å². The third-order valence-electron chi connectivity index (χ3n) is 3.19. The van der Waals surface area contributed by atoms with E-state index in [4.69, 9.17) is 0 Å². The van der Waals surface area contributed by atoms with Crippen molar-refractivity contribution >= 4 is 10.1 Å². The minimum Gasteiger partial charge on any atom is -0.299 e. The van der Waals surface area contributed by atoms with E-state index in [9.17, 15) is 8.42 Å². The van der Waals surface area contributed by atoms with Gasteiger partial charge in [0.05, 0.1) is 12.9 Å². The molecule has 100 valence electrons. The molecule has 1 fully saturated rings. The third-order valence-corrected chi connectivity index (χ3v) is 4.58. The normalized spacial score (nSPS) is 21.3. The number of nitrogens with zero attached hydrogens (tertiary/aromatic N) is 2. The lowest BCUT2D eigenvalue weighted by molar-refractivity contribution is 0.318. The number of aromatic nitrogens is 1. The summed E-state index contributed by atoms with van der Waals surface area (Å²) in [5, 5.41) is 0. The highest BCUT2D eigenvalue weighted by Crippen LogP contribution is 2.20. The van der Waals surface area contributed by atoms with Crippen molar-refractivity contribution in [2.75, 3.05) is 26.0 Å². The lowest BCUT2D eigenvalue weighted by Crippen LogP contribution is -2.23. The lowest BCUT2D eigenvalue weighted by Gasteiger charge is -2.15. The second-order valence-electron chi connectivity index (χ2n) is 4.64. The van der Waals surface area contributed by atoms with Crippen molar-refractivity contribution < 1.29 is 12.6 Å². The van der Waals surface area contributed by atoms with Crippen LogP contribution in [0.15, 0.2) is 24.5 Å².